The van der Waals surface area contributed by atoms with E-state index in [0.29, 0.717) is 5.56 Å². The number of unbranched alkanes of at least 4 members (excludes halogenated alkanes) is 2. The van der Waals surface area contributed by atoms with Crippen LogP contribution < -0.4 is 5.32 Å². The van der Waals surface area contributed by atoms with Crippen LogP contribution in [-0.2, 0) is 0 Å². The van der Waals surface area contributed by atoms with E-state index in [2.05, 4.69) is 19.2 Å². The van der Waals surface area contributed by atoms with Crippen LogP contribution in [-0.4, -0.2) is 16.9 Å². The third kappa shape index (κ3) is 4.29. The molecule has 0 aliphatic carbocycles. The molecule has 1 atom stereocenters. The first kappa shape index (κ1) is 18.1. The van der Waals surface area contributed by atoms with E-state index in [1.165, 1.54) is 12.8 Å². The van der Waals surface area contributed by atoms with E-state index in [4.69, 9.17) is 4.98 Å². The zero-order valence-corrected chi connectivity index (χ0v) is 15.5. The van der Waals surface area contributed by atoms with E-state index in [0.717, 1.165) is 35.0 Å². The quantitative estimate of drug-likeness (QED) is 0.566. The first-order valence-electron chi connectivity index (χ1n) is 9.45. The van der Waals surface area contributed by atoms with Gasteiger partial charge in [0.05, 0.1) is 16.8 Å². The van der Waals surface area contributed by atoms with Crippen molar-refractivity contribution in [1.82, 2.24) is 10.3 Å². The second-order valence-electron chi connectivity index (χ2n) is 6.81. The topological polar surface area (TPSA) is 42.0 Å². The highest BCUT2D eigenvalue weighted by Gasteiger charge is 2.15. The van der Waals surface area contributed by atoms with E-state index in [-0.39, 0.29) is 11.9 Å². The number of fused-ring (bicyclic) bond motifs is 1. The number of hydrogen-bond donors (Lipinski definition) is 1. The van der Waals surface area contributed by atoms with E-state index >= 15 is 0 Å². The predicted molar refractivity (Wildman–Crippen MR) is 108 cm³/mol. The molecular weight excluding hydrogens is 320 g/mol. The molecule has 0 saturated carbocycles. The number of carbonyl (C=O) groups excluding carboxylic acids is 1. The number of para-hydroxylation sites is 1. The van der Waals surface area contributed by atoms with Gasteiger partial charge in [0.1, 0.15) is 0 Å². The Bertz CT molecular complexity index is 874. The Hall–Kier alpha value is -2.68. The summed E-state index contributed by atoms with van der Waals surface area (Å²) in [5.41, 5.74) is 3.38. The third-order valence-corrected chi connectivity index (χ3v) is 4.65. The van der Waals surface area contributed by atoms with Gasteiger partial charge in [-0.05, 0) is 25.5 Å². The van der Waals surface area contributed by atoms with Crippen LogP contribution in [0, 0.1) is 0 Å². The number of benzene rings is 2. The van der Waals surface area contributed by atoms with Gasteiger partial charge in [-0.15, -0.1) is 0 Å². The summed E-state index contributed by atoms with van der Waals surface area (Å²) < 4.78 is 0. The average Bonchev–Trinajstić information content (AvgIpc) is 2.68. The monoisotopic (exact) mass is 346 g/mol. The van der Waals surface area contributed by atoms with Crippen molar-refractivity contribution in [3.63, 3.8) is 0 Å². The van der Waals surface area contributed by atoms with Gasteiger partial charge in [-0.2, -0.15) is 0 Å². The Morgan fingerprint density at radius 3 is 2.54 bits per heavy atom. The number of hydrogen-bond acceptors (Lipinski definition) is 2. The van der Waals surface area contributed by atoms with E-state index in [1.54, 1.807) is 0 Å². The standard InChI is InChI=1S/C23H26N2O/c1-3-4-6-11-17(2)24-23(26)20-16-22(18-12-7-5-8-13-18)25-21-15-10-9-14-19(20)21/h5,7-10,12-17H,3-4,6,11H2,1-2H3,(H,24,26). The molecule has 134 valence electrons. The fraction of sp³-hybridized carbons (Fsp3) is 0.304. The molecule has 1 amide bonds. The van der Waals surface area contributed by atoms with Crippen LogP contribution in [0.15, 0.2) is 60.7 Å². The second-order valence-corrected chi connectivity index (χ2v) is 6.81. The van der Waals surface area contributed by atoms with Crippen molar-refractivity contribution in [3.8, 4) is 11.3 Å². The Kier molecular flexibility index (Phi) is 6.00. The molecule has 1 heterocycles. The highest BCUT2D eigenvalue weighted by molar-refractivity contribution is 6.07. The maximum atomic E-state index is 12.9. The van der Waals surface area contributed by atoms with Gasteiger partial charge in [0.15, 0.2) is 0 Å². The predicted octanol–water partition coefficient (Wildman–Crippen LogP) is 5.60. The molecule has 3 aromatic rings. The molecule has 3 heteroatoms. The number of carbonyl (C=O) groups is 1. The molecule has 26 heavy (non-hydrogen) atoms. The lowest BCUT2D eigenvalue weighted by Crippen LogP contribution is -2.32. The van der Waals surface area contributed by atoms with Crippen molar-refractivity contribution in [1.29, 1.82) is 0 Å². The summed E-state index contributed by atoms with van der Waals surface area (Å²) >= 11 is 0. The van der Waals surface area contributed by atoms with Crippen molar-refractivity contribution >= 4 is 16.8 Å². The number of amides is 1. The summed E-state index contributed by atoms with van der Waals surface area (Å²) in [7, 11) is 0. The summed E-state index contributed by atoms with van der Waals surface area (Å²) in [4.78, 5) is 17.7. The first-order chi connectivity index (χ1) is 12.7. The molecule has 1 N–H and O–H groups in total. The summed E-state index contributed by atoms with van der Waals surface area (Å²) in [6, 6.07) is 19.9. The van der Waals surface area contributed by atoms with Crippen LogP contribution in [0.1, 0.15) is 49.9 Å². The van der Waals surface area contributed by atoms with Gasteiger partial charge in [-0.25, -0.2) is 4.98 Å². The number of pyridine rings is 1. The summed E-state index contributed by atoms with van der Waals surface area (Å²) in [6.45, 7) is 4.27. The lowest BCUT2D eigenvalue weighted by atomic mass is 10.0. The molecular formula is C23H26N2O. The van der Waals surface area contributed by atoms with E-state index in [9.17, 15) is 4.79 Å². The Balaban J connectivity index is 1.92. The normalized spacial score (nSPS) is 12.1. The van der Waals surface area contributed by atoms with E-state index < -0.39 is 0 Å². The molecule has 0 radical (unpaired) electrons. The number of aromatic nitrogens is 1. The molecule has 2 aromatic carbocycles. The van der Waals surface area contributed by atoms with Crippen LogP contribution in [0.4, 0.5) is 0 Å². The van der Waals surface area contributed by atoms with Crippen LogP contribution in [0.25, 0.3) is 22.2 Å². The molecule has 0 aliphatic rings. The molecule has 0 aliphatic heterocycles. The van der Waals surface area contributed by atoms with Crippen molar-refractivity contribution < 1.29 is 4.79 Å². The summed E-state index contributed by atoms with van der Waals surface area (Å²) in [5, 5.41) is 4.05. The molecule has 3 nitrogen and oxygen atoms in total. The Morgan fingerprint density at radius 1 is 1.04 bits per heavy atom. The van der Waals surface area contributed by atoms with Crippen LogP contribution in [0.3, 0.4) is 0 Å². The molecule has 1 aromatic heterocycles. The smallest absolute Gasteiger partial charge is 0.252 e. The van der Waals surface area contributed by atoms with Crippen LogP contribution >= 0.6 is 0 Å². The molecule has 0 spiro atoms. The van der Waals surface area contributed by atoms with Crippen LogP contribution in [0.5, 0.6) is 0 Å². The van der Waals surface area contributed by atoms with Crippen molar-refractivity contribution in [2.45, 2.75) is 45.6 Å². The van der Waals surface area contributed by atoms with Gasteiger partial charge in [-0.3, -0.25) is 4.79 Å². The maximum absolute atomic E-state index is 12.9. The van der Waals surface area contributed by atoms with Gasteiger partial charge < -0.3 is 5.32 Å². The van der Waals surface area contributed by atoms with Gasteiger partial charge in [0.2, 0.25) is 0 Å². The summed E-state index contributed by atoms with van der Waals surface area (Å²) in [5.74, 6) is -0.0234. The van der Waals surface area contributed by atoms with Gasteiger partial charge in [0.25, 0.3) is 5.91 Å². The van der Waals surface area contributed by atoms with Gasteiger partial charge in [-0.1, -0.05) is 74.7 Å². The highest BCUT2D eigenvalue weighted by atomic mass is 16.1. The van der Waals surface area contributed by atoms with E-state index in [1.807, 2.05) is 60.7 Å². The largest absolute Gasteiger partial charge is 0.350 e. The van der Waals surface area contributed by atoms with Crippen molar-refractivity contribution in [2.75, 3.05) is 0 Å². The molecule has 3 rings (SSSR count). The third-order valence-electron chi connectivity index (χ3n) is 4.65. The number of nitrogens with one attached hydrogen (secondary N) is 1. The highest BCUT2D eigenvalue weighted by Crippen LogP contribution is 2.25. The maximum Gasteiger partial charge on any atom is 0.252 e. The number of nitrogens with zero attached hydrogens (tertiary/aromatic N) is 1. The minimum Gasteiger partial charge on any atom is -0.350 e. The van der Waals surface area contributed by atoms with Gasteiger partial charge >= 0.3 is 0 Å². The number of rotatable bonds is 7. The van der Waals surface area contributed by atoms with Crippen molar-refractivity contribution in [2.24, 2.45) is 0 Å². The molecule has 0 bridgehead atoms. The van der Waals surface area contributed by atoms with Crippen LogP contribution in [0.2, 0.25) is 0 Å². The SMILES string of the molecule is CCCCCC(C)NC(=O)c1cc(-c2ccccc2)nc2ccccc12. The first-order valence-corrected chi connectivity index (χ1v) is 9.45. The molecule has 0 saturated heterocycles. The summed E-state index contributed by atoms with van der Waals surface area (Å²) in [6.07, 6.45) is 4.55. The second kappa shape index (κ2) is 8.61. The lowest BCUT2D eigenvalue weighted by molar-refractivity contribution is 0.0939. The minimum absolute atomic E-state index is 0.0234. The molecule has 0 fully saturated rings. The molecule has 1 unspecified atom stereocenters. The zero-order chi connectivity index (χ0) is 18.4. The Labute approximate surface area is 155 Å². The lowest BCUT2D eigenvalue weighted by Gasteiger charge is -2.15. The fourth-order valence-corrected chi connectivity index (χ4v) is 3.19. The minimum atomic E-state index is -0.0234. The van der Waals surface area contributed by atoms with Crippen molar-refractivity contribution in [3.05, 3.63) is 66.2 Å². The Morgan fingerprint density at radius 2 is 1.77 bits per heavy atom. The zero-order valence-electron chi connectivity index (χ0n) is 15.5. The van der Waals surface area contributed by atoms with Gasteiger partial charge in [0, 0.05) is 17.0 Å². The average molecular weight is 346 g/mol. The fourth-order valence-electron chi connectivity index (χ4n) is 3.19.